The van der Waals surface area contributed by atoms with Gasteiger partial charge in [-0.1, -0.05) is 62.2 Å². The molecule has 0 radical (unpaired) electrons. The minimum Gasteiger partial charge on any atom is -0.0654 e. The Hall–Kier alpha value is -0.300. The molecule has 1 unspecified atom stereocenters. The summed E-state index contributed by atoms with van der Waals surface area (Å²) in [5.41, 5.74) is 2.86. The van der Waals surface area contributed by atoms with Crippen LogP contribution in [0.2, 0.25) is 0 Å². The van der Waals surface area contributed by atoms with Gasteiger partial charge in [0.25, 0.3) is 0 Å². The average molecular weight is 269 g/mol. The van der Waals surface area contributed by atoms with E-state index < -0.39 is 0 Å². The fourth-order valence-corrected chi connectivity index (χ4v) is 2.68. The lowest BCUT2D eigenvalue weighted by atomic mass is 9.93. The molecule has 0 aliphatic heterocycles. The van der Waals surface area contributed by atoms with Crippen LogP contribution in [0.4, 0.5) is 0 Å². The predicted molar refractivity (Wildman–Crippen MR) is 71.6 cm³/mol. The van der Waals surface area contributed by atoms with Gasteiger partial charge in [-0.3, -0.25) is 0 Å². The maximum atomic E-state index is 3.69. The molecule has 1 atom stereocenters. The lowest BCUT2D eigenvalue weighted by Gasteiger charge is -2.15. The van der Waals surface area contributed by atoms with Gasteiger partial charge in [-0.25, -0.2) is 0 Å². The van der Waals surface area contributed by atoms with E-state index >= 15 is 0 Å². The fraction of sp³-hybridized carbons (Fsp3) is 0.571. The van der Waals surface area contributed by atoms with E-state index in [1.165, 1.54) is 28.4 Å². The zero-order valence-corrected chi connectivity index (χ0v) is 11.8. The van der Waals surface area contributed by atoms with Crippen molar-refractivity contribution in [3.05, 3.63) is 33.8 Å². The van der Waals surface area contributed by atoms with Gasteiger partial charge in [0.2, 0.25) is 0 Å². The highest BCUT2D eigenvalue weighted by molar-refractivity contribution is 9.10. The summed E-state index contributed by atoms with van der Waals surface area (Å²) in [4.78, 5) is 0. The second kappa shape index (κ2) is 5.69. The van der Waals surface area contributed by atoms with Crippen LogP contribution in [-0.2, 0) is 0 Å². The zero-order chi connectivity index (χ0) is 11.4. The summed E-state index contributed by atoms with van der Waals surface area (Å²) < 4.78 is 1.27. The molecule has 84 valence electrons. The Labute approximate surface area is 102 Å². The minimum atomic E-state index is 0.608. The number of hydrogen-bond acceptors (Lipinski definition) is 0. The van der Waals surface area contributed by atoms with Crippen molar-refractivity contribution >= 4 is 15.9 Å². The first-order valence-corrected chi connectivity index (χ1v) is 6.64. The molecule has 0 aliphatic carbocycles. The smallest absolute Gasteiger partial charge is 0.0212 e. The summed E-state index contributed by atoms with van der Waals surface area (Å²) in [5.74, 6) is 1.27. The molecule has 0 spiro atoms. The van der Waals surface area contributed by atoms with Gasteiger partial charge in [0.15, 0.2) is 0 Å². The van der Waals surface area contributed by atoms with Gasteiger partial charge in [0.05, 0.1) is 0 Å². The molecule has 1 rings (SSSR count). The number of benzene rings is 1. The van der Waals surface area contributed by atoms with Crippen LogP contribution in [0.15, 0.2) is 22.7 Å². The van der Waals surface area contributed by atoms with Crippen molar-refractivity contribution in [1.29, 1.82) is 0 Å². The molecule has 0 bridgehead atoms. The third-order valence-electron chi connectivity index (χ3n) is 2.94. The molecule has 1 aromatic rings. The van der Waals surface area contributed by atoms with Crippen molar-refractivity contribution in [1.82, 2.24) is 0 Å². The van der Waals surface area contributed by atoms with Crippen LogP contribution in [0.5, 0.6) is 0 Å². The Balaban J connectivity index is 2.92. The summed E-state index contributed by atoms with van der Waals surface area (Å²) >= 11 is 3.69. The minimum absolute atomic E-state index is 0.608. The van der Waals surface area contributed by atoms with Crippen molar-refractivity contribution in [2.45, 2.75) is 52.4 Å². The summed E-state index contributed by atoms with van der Waals surface area (Å²) in [6.07, 6.45) is 2.51. The van der Waals surface area contributed by atoms with Gasteiger partial charge >= 0.3 is 0 Å². The standard InChI is InChI=1S/C14H21Br/c1-5-6-11(4)13-8-7-12(10(2)3)9-14(13)15/h7-11H,5-6H2,1-4H3. The number of hydrogen-bond donors (Lipinski definition) is 0. The molecule has 0 fully saturated rings. The summed E-state index contributed by atoms with van der Waals surface area (Å²) in [6.45, 7) is 9.01. The molecule has 0 saturated heterocycles. The summed E-state index contributed by atoms with van der Waals surface area (Å²) in [5, 5.41) is 0. The molecule has 0 aromatic heterocycles. The first-order valence-electron chi connectivity index (χ1n) is 5.85. The van der Waals surface area contributed by atoms with Crippen LogP contribution in [0.25, 0.3) is 0 Å². The lowest BCUT2D eigenvalue weighted by Crippen LogP contribution is -1.96. The van der Waals surface area contributed by atoms with Gasteiger partial charge in [0, 0.05) is 4.47 Å². The van der Waals surface area contributed by atoms with Crippen LogP contribution in [0.1, 0.15) is 63.5 Å². The van der Waals surface area contributed by atoms with Crippen molar-refractivity contribution in [3.8, 4) is 0 Å². The average Bonchev–Trinajstić information content (AvgIpc) is 2.17. The van der Waals surface area contributed by atoms with E-state index in [0.29, 0.717) is 11.8 Å². The van der Waals surface area contributed by atoms with Crippen LogP contribution in [0.3, 0.4) is 0 Å². The predicted octanol–water partition coefficient (Wildman–Crippen LogP) is 5.48. The van der Waals surface area contributed by atoms with Gasteiger partial charge in [-0.15, -0.1) is 0 Å². The molecule has 1 heteroatoms. The van der Waals surface area contributed by atoms with Crippen molar-refractivity contribution in [2.24, 2.45) is 0 Å². The largest absolute Gasteiger partial charge is 0.0654 e. The molecule has 15 heavy (non-hydrogen) atoms. The third-order valence-corrected chi connectivity index (χ3v) is 3.63. The monoisotopic (exact) mass is 268 g/mol. The SMILES string of the molecule is CCCC(C)c1ccc(C(C)C)cc1Br. The number of halogens is 1. The lowest BCUT2D eigenvalue weighted by molar-refractivity contribution is 0.661. The second-order valence-corrected chi connectivity index (χ2v) is 5.48. The van der Waals surface area contributed by atoms with Crippen LogP contribution in [0, 0.1) is 0 Å². The second-order valence-electron chi connectivity index (χ2n) is 4.63. The van der Waals surface area contributed by atoms with Gasteiger partial charge < -0.3 is 0 Å². The molecular formula is C14H21Br. The van der Waals surface area contributed by atoms with Gasteiger partial charge in [-0.2, -0.15) is 0 Å². The molecule has 0 saturated carbocycles. The van der Waals surface area contributed by atoms with E-state index in [1.54, 1.807) is 0 Å². The summed E-state index contributed by atoms with van der Waals surface area (Å²) in [6, 6.07) is 6.81. The first kappa shape index (κ1) is 12.8. The highest BCUT2D eigenvalue weighted by Gasteiger charge is 2.09. The Bertz CT molecular complexity index is 315. The quantitative estimate of drug-likeness (QED) is 0.679. The van der Waals surface area contributed by atoms with Crippen LogP contribution >= 0.6 is 15.9 Å². The molecule has 0 amide bonds. The molecular weight excluding hydrogens is 248 g/mol. The highest BCUT2D eigenvalue weighted by Crippen LogP contribution is 2.30. The zero-order valence-electron chi connectivity index (χ0n) is 10.2. The van der Waals surface area contributed by atoms with E-state index in [4.69, 9.17) is 0 Å². The highest BCUT2D eigenvalue weighted by atomic mass is 79.9. The van der Waals surface area contributed by atoms with Crippen molar-refractivity contribution in [3.63, 3.8) is 0 Å². The maximum absolute atomic E-state index is 3.69. The van der Waals surface area contributed by atoms with Crippen LogP contribution in [-0.4, -0.2) is 0 Å². The van der Waals surface area contributed by atoms with Crippen LogP contribution < -0.4 is 0 Å². The molecule has 0 nitrogen and oxygen atoms in total. The molecule has 0 aliphatic rings. The van der Waals surface area contributed by atoms with E-state index in [1.807, 2.05) is 0 Å². The van der Waals surface area contributed by atoms with E-state index in [2.05, 4.69) is 61.8 Å². The van der Waals surface area contributed by atoms with Gasteiger partial charge in [0.1, 0.15) is 0 Å². The Morgan fingerprint density at radius 2 is 1.87 bits per heavy atom. The Morgan fingerprint density at radius 1 is 1.20 bits per heavy atom. The molecule has 1 aromatic carbocycles. The maximum Gasteiger partial charge on any atom is 0.0212 e. The van der Waals surface area contributed by atoms with E-state index in [-0.39, 0.29) is 0 Å². The van der Waals surface area contributed by atoms with E-state index in [0.717, 1.165) is 0 Å². The normalized spacial score (nSPS) is 13.2. The van der Waals surface area contributed by atoms with Gasteiger partial charge in [-0.05, 0) is 35.4 Å². The summed E-state index contributed by atoms with van der Waals surface area (Å²) in [7, 11) is 0. The van der Waals surface area contributed by atoms with E-state index in [9.17, 15) is 0 Å². The van der Waals surface area contributed by atoms with Crippen molar-refractivity contribution in [2.75, 3.05) is 0 Å². The Kier molecular flexibility index (Phi) is 4.85. The molecule has 0 N–H and O–H groups in total. The third kappa shape index (κ3) is 3.34. The fourth-order valence-electron chi connectivity index (χ4n) is 1.89. The van der Waals surface area contributed by atoms with Crippen molar-refractivity contribution < 1.29 is 0 Å². The first-order chi connectivity index (χ1) is 7.06. The topological polar surface area (TPSA) is 0 Å². The molecule has 0 heterocycles. The number of rotatable bonds is 4. The Morgan fingerprint density at radius 3 is 2.33 bits per heavy atom.